The Hall–Kier alpha value is -3.97. The predicted molar refractivity (Wildman–Crippen MR) is 137 cm³/mol. The van der Waals surface area contributed by atoms with Crippen LogP contribution in [0.4, 0.5) is 0 Å². The number of carboxylic acid groups (broad SMARTS) is 1. The highest BCUT2D eigenvalue weighted by Gasteiger charge is 2.23. The van der Waals surface area contributed by atoms with Gasteiger partial charge in [0.1, 0.15) is 5.75 Å². The molecule has 3 N–H and O–H groups in total. The van der Waals surface area contributed by atoms with E-state index in [1.807, 2.05) is 48.7 Å². The summed E-state index contributed by atoms with van der Waals surface area (Å²) in [6.45, 7) is 5.88. The first-order chi connectivity index (χ1) is 16.7. The number of nitrogens with zero attached hydrogens (tertiary/aromatic N) is 2. The summed E-state index contributed by atoms with van der Waals surface area (Å²) < 4.78 is 5.88. The molecule has 0 radical (unpaired) electrons. The molecule has 0 saturated heterocycles. The van der Waals surface area contributed by atoms with Gasteiger partial charge in [-0.3, -0.25) is 14.9 Å². The molecule has 0 saturated carbocycles. The van der Waals surface area contributed by atoms with Gasteiger partial charge < -0.3 is 14.9 Å². The average Bonchev–Trinajstić information content (AvgIpc) is 3.30. The fourth-order valence-electron chi connectivity index (χ4n) is 4.68. The van der Waals surface area contributed by atoms with Gasteiger partial charge in [-0.2, -0.15) is 5.10 Å². The molecule has 1 aliphatic rings. The molecule has 6 rings (SSSR count). The Kier molecular flexibility index (Phi) is 5.65. The molecule has 2 aromatic heterocycles. The lowest BCUT2D eigenvalue weighted by molar-refractivity contribution is -0.136. The fraction of sp³-hybridized carbons (Fsp3) is 0.250. The molecule has 178 valence electrons. The molecule has 1 aliphatic heterocycles. The predicted octanol–water partition coefficient (Wildman–Crippen LogP) is 5.27. The number of aromatic amines is 1. The maximum atomic E-state index is 11.8. The standard InChI is InChI=1S/C24H17N3O3.C4H10O/c28-20(29)11-17-18-12-26-27-23(18)15-4-2-1-3-14(15)22(17)16-5-6-19-21-13(8-10-30-19)7-9-25-24(16)21;1-4(2,3)5/h1-7,9,12H,8,10-11H2,(H,26,27)(H,28,29);5H,1-3H3. The molecule has 0 fully saturated rings. The second kappa shape index (κ2) is 8.67. The van der Waals surface area contributed by atoms with Crippen molar-refractivity contribution in [1.82, 2.24) is 15.2 Å². The monoisotopic (exact) mass is 469 g/mol. The van der Waals surface area contributed by atoms with Crippen LogP contribution in [0.25, 0.3) is 43.7 Å². The van der Waals surface area contributed by atoms with Crippen LogP contribution in [0.1, 0.15) is 31.9 Å². The van der Waals surface area contributed by atoms with Crippen molar-refractivity contribution in [3.63, 3.8) is 0 Å². The third-order valence-corrected chi connectivity index (χ3v) is 5.90. The number of carbonyl (C=O) groups is 1. The largest absolute Gasteiger partial charge is 0.493 e. The van der Waals surface area contributed by atoms with Gasteiger partial charge in [0.05, 0.1) is 35.9 Å². The SMILES string of the molecule is CC(C)(C)O.O=C(O)Cc1c(-c2ccc3c4c(ccnc24)CCO3)c2ccccc2c2[nH]ncc12. The summed E-state index contributed by atoms with van der Waals surface area (Å²) in [4.78, 5) is 16.5. The molecule has 3 aromatic carbocycles. The van der Waals surface area contributed by atoms with E-state index in [9.17, 15) is 9.90 Å². The van der Waals surface area contributed by atoms with Gasteiger partial charge in [-0.1, -0.05) is 24.3 Å². The normalized spacial score (nSPS) is 12.9. The molecule has 7 nitrogen and oxygen atoms in total. The number of hydrogen-bond donors (Lipinski definition) is 3. The zero-order chi connectivity index (χ0) is 24.7. The number of benzene rings is 3. The van der Waals surface area contributed by atoms with E-state index in [0.29, 0.717) is 6.61 Å². The maximum Gasteiger partial charge on any atom is 0.307 e. The molecule has 5 aromatic rings. The van der Waals surface area contributed by atoms with Crippen LogP contribution in [0.5, 0.6) is 5.75 Å². The van der Waals surface area contributed by atoms with E-state index in [-0.39, 0.29) is 6.42 Å². The van der Waals surface area contributed by atoms with Gasteiger partial charge in [0.15, 0.2) is 0 Å². The summed E-state index contributed by atoms with van der Waals surface area (Å²) in [7, 11) is 0. The quantitative estimate of drug-likeness (QED) is 0.332. The second-order valence-electron chi connectivity index (χ2n) is 9.70. The first-order valence-corrected chi connectivity index (χ1v) is 11.6. The molecule has 0 atom stereocenters. The Bertz CT molecular complexity index is 1560. The first kappa shape index (κ1) is 22.8. The maximum absolute atomic E-state index is 11.8. The number of carboxylic acids is 1. The van der Waals surface area contributed by atoms with Gasteiger partial charge in [0.25, 0.3) is 0 Å². The molecular weight excluding hydrogens is 442 g/mol. The molecule has 3 heterocycles. The van der Waals surface area contributed by atoms with Crippen molar-refractivity contribution < 1.29 is 19.7 Å². The highest BCUT2D eigenvalue weighted by atomic mass is 16.5. The lowest BCUT2D eigenvalue weighted by Crippen LogP contribution is -2.10. The summed E-state index contributed by atoms with van der Waals surface area (Å²) in [5.41, 5.74) is 4.94. The third kappa shape index (κ3) is 4.31. The van der Waals surface area contributed by atoms with Gasteiger partial charge in [-0.05, 0) is 61.0 Å². The smallest absolute Gasteiger partial charge is 0.307 e. The van der Waals surface area contributed by atoms with E-state index in [4.69, 9.17) is 14.8 Å². The van der Waals surface area contributed by atoms with Crippen molar-refractivity contribution in [2.75, 3.05) is 6.61 Å². The zero-order valence-corrected chi connectivity index (χ0v) is 19.9. The van der Waals surface area contributed by atoms with Gasteiger partial charge in [-0.15, -0.1) is 0 Å². The summed E-state index contributed by atoms with van der Waals surface area (Å²) in [5, 5.41) is 29.3. The van der Waals surface area contributed by atoms with Crippen molar-refractivity contribution in [3.8, 4) is 16.9 Å². The molecule has 35 heavy (non-hydrogen) atoms. The lowest BCUT2D eigenvalue weighted by Gasteiger charge is -2.21. The number of fused-ring (bicyclic) bond motifs is 3. The Morgan fingerprint density at radius 2 is 1.83 bits per heavy atom. The average molecular weight is 470 g/mol. The van der Waals surface area contributed by atoms with Crippen LogP contribution in [0.15, 0.2) is 54.9 Å². The summed E-state index contributed by atoms with van der Waals surface area (Å²) in [6, 6.07) is 14.0. The molecule has 0 unspecified atom stereocenters. The van der Waals surface area contributed by atoms with Crippen LogP contribution in [-0.4, -0.2) is 43.6 Å². The van der Waals surface area contributed by atoms with Crippen LogP contribution in [0, 0.1) is 0 Å². The van der Waals surface area contributed by atoms with Gasteiger partial charge in [0.2, 0.25) is 0 Å². The topological polar surface area (TPSA) is 108 Å². The van der Waals surface area contributed by atoms with Crippen molar-refractivity contribution in [3.05, 3.63) is 66.0 Å². The number of aliphatic hydroxyl groups is 1. The number of nitrogens with one attached hydrogen (secondary N) is 1. The fourth-order valence-corrected chi connectivity index (χ4v) is 4.68. The van der Waals surface area contributed by atoms with Crippen LogP contribution in [0.3, 0.4) is 0 Å². The van der Waals surface area contributed by atoms with Gasteiger partial charge in [0, 0.05) is 34.3 Å². The number of aliphatic carboxylic acids is 1. The first-order valence-electron chi connectivity index (χ1n) is 11.6. The molecule has 0 amide bonds. The van der Waals surface area contributed by atoms with E-state index in [1.54, 1.807) is 27.0 Å². The second-order valence-corrected chi connectivity index (χ2v) is 9.70. The zero-order valence-electron chi connectivity index (χ0n) is 19.9. The highest BCUT2D eigenvalue weighted by molar-refractivity contribution is 6.17. The third-order valence-electron chi connectivity index (χ3n) is 5.90. The van der Waals surface area contributed by atoms with Crippen LogP contribution in [0.2, 0.25) is 0 Å². The van der Waals surface area contributed by atoms with E-state index in [2.05, 4.69) is 10.2 Å². The van der Waals surface area contributed by atoms with E-state index >= 15 is 0 Å². The van der Waals surface area contributed by atoms with E-state index < -0.39 is 11.6 Å². The number of aromatic nitrogens is 3. The summed E-state index contributed by atoms with van der Waals surface area (Å²) in [5.74, 6) is -0.0513. The number of ether oxygens (including phenoxy) is 1. The molecule has 0 aliphatic carbocycles. The van der Waals surface area contributed by atoms with Crippen LogP contribution in [-0.2, 0) is 17.6 Å². The van der Waals surface area contributed by atoms with Crippen molar-refractivity contribution in [2.24, 2.45) is 0 Å². The Morgan fingerprint density at radius 3 is 2.57 bits per heavy atom. The number of pyridine rings is 1. The molecule has 0 bridgehead atoms. The van der Waals surface area contributed by atoms with Gasteiger partial charge in [-0.25, -0.2) is 0 Å². The Balaban J connectivity index is 0.000000464. The van der Waals surface area contributed by atoms with E-state index in [1.165, 1.54) is 5.56 Å². The highest BCUT2D eigenvalue weighted by Crippen LogP contribution is 2.43. The molecular formula is C28H27N3O4. The number of rotatable bonds is 3. The van der Waals surface area contributed by atoms with Crippen molar-refractivity contribution in [2.45, 2.75) is 39.2 Å². The minimum atomic E-state index is -0.881. The lowest BCUT2D eigenvalue weighted by atomic mass is 9.87. The Labute approximate surface area is 202 Å². The van der Waals surface area contributed by atoms with Crippen LogP contribution >= 0.6 is 0 Å². The van der Waals surface area contributed by atoms with Crippen molar-refractivity contribution in [1.29, 1.82) is 0 Å². The molecule has 0 spiro atoms. The number of hydrogen-bond acceptors (Lipinski definition) is 5. The summed E-state index contributed by atoms with van der Waals surface area (Å²) in [6.07, 6.45) is 4.27. The van der Waals surface area contributed by atoms with E-state index in [0.717, 1.165) is 61.4 Å². The van der Waals surface area contributed by atoms with Crippen LogP contribution < -0.4 is 4.74 Å². The van der Waals surface area contributed by atoms with Crippen molar-refractivity contribution >= 4 is 38.5 Å². The summed E-state index contributed by atoms with van der Waals surface area (Å²) >= 11 is 0. The Morgan fingerprint density at radius 1 is 1.09 bits per heavy atom. The number of H-pyrrole nitrogens is 1. The molecule has 7 heteroatoms. The minimum absolute atomic E-state index is 0.102. The minimum Gasteiger partial charge on any atom is -0.493 e. The van der Waals surface area contributed by atoms with Gasteiger partial charge >= 0.3 is 5.97 Å².